The van der Waals surface area contributed by atoms with Crippen LogP contribution in [-0.4, -0.2) is 14.4 Å². The predicted molar refractivity (Wildman–Crippen MR) is 93.7 cm³/mol. The first-order valence-electron chi connectivity index (χ1n) is 8.40. The van der Waals surface area contributed by atoms with Gasteiger partial charge < -0.3 is 0 Å². The maximum absolute atomic E-state index is 13.7. The van der Waals surface area contributed by atoms with Crippen LogP contribution < -0.4 is 0 Å². The average molecular weight is 378 g/mol. The molecule has 1 saturated carbocycles. The summed E-state index contributed by atoms with van der Waals surface area (Å²) < 4.78 is 62.9. The minimum Gasteiger partial charge on any atom is -0.233 e. The van der Waals surface area contributed by atoms with Gasteiger partial charge in [0, 0.05) is 0 Å². The van der Waals surface area contributed by atoms with Gasteiger partial charge in [-0.05, 0) is 77.6 Å². The van der Waals surface area contributed by atoms with Gasteiger partial charge in [0.1, 0.15) is 0 Å². The van der Waals surface area contributed by atoms with Gasteiger partial charge in [0.05, 0.1) is 4.90 Å². The van der Waals surface area contributed by atoms with E-state index in [1.165, 1.54) is 18.2 Å². The number of halogens is 3. The number of benzene rings is 2. The Labute approximate surface area is 150 Å². The van der Waals surface area contributed by atoms with E-state index in [2.05, 4.69) is 0 Å². The average Bonchev–Trinajstić information content (AvgIpc) is 3.28. The molecule has 2 aromatic rings. The molecule has 2 aliphatic rings. The summed E-state index contributed by atoms with van der Waals surface area (Å²) in [6, 6.07) is 8.63. The summed E-state index contributed by atoms with van der Waals surface area (Å²) >= 11 is 0. The van der Waals surface area contributed by atoms with Crippen LogP contribution in [0.4, 0.5) is 13.2 Å². The molecule has 2 aliphatic carbocycles. The van der Waals surface area contributed by atoms with Gasteiger partial charge >= 0.3 is 0 Å². The first-order valence-corrected chi connectivity index (χ1v) is 10.1. The van der Waals surface area contributed by atoms with Gasteiger partial charge in [0.2, 0.25) is 9.84 Å². The molecule has 2 aromatic carbocycles. The van der Waals surface area contributed by atoms with Crippen molar-refractivity contribution in [3.63, 3.8) is 0 Å². The zero-order valence-electron chi connectivity index (χ0n) is 13.9. The summed E-state index contributed by atoms with van der Waals surface area (Å²) in [7, 11) is -3.90. The highest BCUT2D eigenvalue weighted by Crippen LogP contribution is 2.63. The second-order valence-electron chi connectivity index (χ2n) is 7.19. The van der Waals surface area contributed by atoms with E-state index < -0.39 is 27.5 Å². The zero-order valence-corrected chi connectivity index (χ0v) is 14.8. The van der Waals surface area contributed by atoms with Crippen molar-refractivity contribution in [2.24, 2.45) is 5.41 Å². The van der Waals surface area contributed by atoms with Crippen molar-refractivity contribution in [2.75, 3.05) is 6.01 Å². The quantitative estimate of drug-likeness (QED) is 0.737. The number of rotatable bonds is 4. The fourth-order valence-electron chi connectivity index (χ4n) is 3.72. The van der Waals surface area contributed by atoms with Gasteiger partial charge in [0.15, 0.2) is 17.6 Å². The second-order valence-corrected chi connectivity index (χ2v) is 9.11. The maximum Gasteiger partial charge on any atom is 0.207 e. The summed E-state index contributed by atoms with van der Waals surface area (Å²) in [4.78, 5) is -0.0575. The molecule has 1 spiro atoms. The molecule has 2 nitrogen and oxygen atoms in total. The van der Waals surface area contributed by atoms with Crippen LogP contribution >= 0.6 is 0 Å². The molecule has 0 heterocycles. The molecular formula is C20H17F3O2S. The van der Waals surface area contributed by atoms with Crippen molar-refractivity contribution >= 4 is 21.0 Å². The Morgan fingerprint density at radius 1 is 0.846 bits per heavy atom. The van der Waals surface area contributed by atoms with Crippen LogP contribution in [0.5, 0.6) is 0 Å². The highest BCUT2D eigenvalue weighted by atomic mass is 32.2. The molecule has 26 heavy (non-hydrogen) atoms. The van der Waals surface area contributed by atoms with Gasteiger partial charge in [-0.3, -0.25) is 0 Å². The third-order valence-corrected chi connectivity index (χ3v) is 6.68. The van der Waals surface area contributed by atoms with Crippen molar-refractivity contribution in [2.45, 2.75) is 30.6 Å². The number of sulfone groups is 1. The Morgan fingerprint density at radius 2 is 1.42 bits per heavy atom. The molecule has 1 fully saturated rings. The van der Waals surface area contributed by atoms with Crippen LogP contribution in [0.15, 0.2) is 47.4 Å². The van der Waals surface area contributed by atoms with Crippen molar-refractivity contribution in [1.82, 2.24) is 0 Å². The molecule has 6 heteroatoms. The molecule has 0 bridgehead atoms. The van der Waals surface area contributed by atoms with Crippen molar-refractivity contribution < 1.29 is 21.6 Å². The Bertz CT molecular complexity index is 1000. The summed E-state index contributed by atoms with van der Waals surface area (Å²) in [5.41, 5.74) is 3.69. The first kappa shape index (κ1) is 17.3. The lowest BCUT2D eigenvalue weighted by molar-refractivity contribution is 0.508. The lowest BCUT2D eigenvalue weighted by atomic mass is 9.97. The third-order valence-electron chi connectivity index (χ3n) is 5.40. The molecule has 0 aliphatic heterocycles. The highest BCUT2D eigenvalue weighted by molar-refractivity contribution is 7.91. The fourth-order valence-corrected chi connectivity index (χ4v) is 4.40. The van der Waals surface area contributed by atoms with Crippen LogP contribution in [0.1, 0.15) is 36.8 Å². The second kappa shape index (κ2) is 5.98. The molecule has 0 atom stereocenters. The zero-order chi connectivity index (χ0) is 18.5. The van der Waals surface area contributed by atoms with E-state index in [-0.39, 0.29) is 10.3 Å². The molecular weight excluding hydrogens is 361 g/mol. The smallest absolute Gasteiger partial charge is 0.207 e. The topological polar surface area (TPSA) is 34.1 Å². The van der Waals surface area contributed by atoms with Gasteiger partial charge in [-0.25, -0.2) is 21.6 Å². The standard InChI is InChI=1S/C20H17F3O2S/c21-12-26(24,25)15-4-1-13(2-5-15)16-10-20(7-8-20)11-17(16)14-3-6-18(22)19(23)9-14/h1-6,9H,7-8,10-12H2. The number of hydrogen-bond donors (Lipinski definition) is 0. The van der Waals surface area contributed by atoms with Crippen molar-refractivity contribution in [1.29, 1.82) is 0 Å². The van der Waals surface area contributed by atoms with Crippen molar-refractivity contribution in [3.8, 4) is 0 Å². The number of allylic oxidation sites excluding steroid dienone is 2. The SMILES string of the molecule is O=S(=O)(CF)c1ccc(C2=C(c3ccc(F)c(F)c3)CC3(CC3)C2)cc1. The molecule has 0 radical (unpaired) electrons. The Balaban J connectivity index is 1.77. The third kappa shape index (κ3) is 2.96. The molecule has 0 aromatic heterocycles. The Kier molecular flexibility index (Phi) is 3.99. The minimum atomic E-state index is -3.90. The van der Waals surface area contributed by atoms with Crippen LogP contribution in [0.2, 0.25) is 0 Å². The van der Waals surface area contributed by atoms with Gasteiger partial charge in [-0.1, -0.05) is 18.2 Å². The molecule has 136 valence electrons. The van der Waals surface area contributed by atoms with Gasteiger partial charge in [-0.15, -0.1) is 0 Å². The van der Waals surface area contributed by atoms with Crippen LogP contribution in [0.3, 0.4) is 0 Å². The molecule has 0 amide bonds. The first-order chi connectivity index (χ1) is 12.3. The number of alkyl halides is 1. The molecule has 0 unspecified atom stereocenters. The van der Waals surface area contributed by atoms with E-state index in [1.807, 2.05) is 0 Å². The summed E-state index contributed by atoms with van der Waals surface area (Å²) in [5, 5.41) is 0. The van der Waals surface area contributed by atoms with E-state index >= 15 is 0 Å². The number of hydrogen-bond acceptors (Lipinski definition) is 2. The lowest BCUT2D eigenvalue weighted by Gasteiger charge is -2.10. The predicted octanol–water partition coefficient (Wildman–Crippen LogP) is 5.15. The minimum absolute atomic E-state index is 0.0575. The van der Waals surface area contributed by atoms with Crippen molar-refractivity contribution in [3.05, 3.63) is 65.2 Å². The van der Waals surface area contributed by atoms with E-state index in [9.17, 15) is 21.6 Å². The van der Waals surface area contributed by atoms with Crippen LogP contribution in [0, 0.1) is 17.0 Å². The van der Waals surface area contributed by atoms with E-state index in [0.29, 0.717) is 5.56 Å². The van der Waals surface area contributed by atoms with Crippen LogP contribution in [0.25, 0.3) is 11.1 Å². The molecule has 0 N–H and O–H groups in total. The largest absolute Gasteiger partial charge is 0.233 e. The van der Waals surface area contributed by atoms with Crippen LogP contribution in [-0.2, 0) is 9.84 Å². The summed E-state index contributed by atoms with van der Waals surface area (Å²) in [5.74, 6) is -1.76. The monoisotopic (exact) mass is 378 g/mol. The normalized spacial score (nSPS) is 18.6. The lowest BCUT2D eigenvalue weighted by Crippen LogP contribution is -2.02. The highest BCUT2D eigenvalue weighted by Gasteiger charge is 2.48. The molecule has 0 saturated heterocycles. The Morgan fingerprint density at radius 3 is 1.96 bits per heavy atom. The van der Waals surface area contributed by atoms with Gasteiger partial charge in [0.25, 0.3) is 0 Å². The maximum atomic E-state index is 13.7. The van der Waals surface area contributed by atoms with E-state index in [4.69, 9.17) is 0 Å². The van der Waals surface area contributed by atoms with E-state index in [1.54, 1.807) is 18.2 Å². The summed E-state index contributed by atoms with van der Waals surface area (Å²) in [6.45, 7) is 0. The molecule has 4 rings (SSSR count). The fraction of sp³-hybridized carbons (Fsp3) is 0.300. The Hall–Kier alpha value is -2.08. The summed E-state index contributed by atoms with van der Waals surface area (Å²) in [6.07, 6.45) is 3.82. The van der Waals surface area contributed by atoms with E-state index in [0.717, 1.165) is 48.5 Å². The van der Waals surface area contributed by atoms with Gasteiger partial charge in [-0.2, -0.15) is 0 Å².